The molecule has 0 spiro atoms. The van der Waals surface area contributed by atoms with Gasteiger partial charge in [-0.25, -0.2) is 18.1 Å². The number of rotatable bonds is 7. The molecular formula is C14H18N2O3S2. The van der Waals surface area contributed by atoms with E-state index in [0.717, 1.165) is 9.88 Å². The Morgan fingerprint density at radius 2 is 2.00 bits per heavy atom. The first kappa shape index (κ1) is 15.9. The lowest BCUT2D eigenvalue weighted by molar-refractivity contribution is 0.340. The molecule has 0 bridgehead atoms. The van der Waals surface area contributed by atoms with Crippen LogP contribution in [0.25, 0.3) is 0 Å². The topological polar surface area (TPSA) is 68.3 Å². The maximum atomic E-state index is 12.1. The average Bonchev–Trinajstić information content (AvgIpc) is 2.85. The zero-order chi connectivity index (χ0) is 15.3. The van der Waals surface area contributed by atoms with Crippen LogP contribution in [0.4, 0.5) is 0 Å². The number of aromatic nitrogens is 1. The first-order chi connectivity index (χ1) is 10.0. The third-order valence-electron chi connectivity index (χ3n) is 2.75. The van der Waals surface area contributed by atoms with Crippen LogP contribution in [-0.4, -0.2) is 26.6 Å². The summed E-state index contributed by atoms with van der Waals surface area (Å²) >= 11 is 1.58. The lowest BCUT2D eigenvalue weighted by Crippen LogP contribution is -2.25. The number of nitrogens with zero attached hydrogens (tertiary/aromatic N) is 1. The van der Waals surface area contributed by atoms with Gasteiger partial charge in [-0.2, -0.15) is 0 Å². The second kappa shape index (κ2) is 7.02. The molecule has 5 nitrogen and oxygen atoms in total. The van der Waals surface area contributed by atoms with Gasteiger partial charge >= 0.3 is 0 Å². The van der Waals surface area contributed by atoms with Crippen LogP contribution in [0.15, 0.2) is 35.4 Å². The molecular weight excluding hydrogens is 308 g/mol. The molecule has 2 rings (SSSR count). The average molecular weight is 326 g/mol. The normalized spacial score (nSPS) is 11.5. The molecule has 1 aromatic carbocycles. The fourth-order valence-electron chi connectivity index (χ4n) is 1.77. The van der Waals surface area contributed by atoms with Crippen molar-refractivity contribution < 1.29 is 13.2 Å². The molecule has 21 heavy (non-hydrogen) atoms. The van der Waals surface area contributed by atoms with E-state index < -0.39 is 10.0 Å². The number of hydrogen-bond acceptors (Lipinski definition) is 5. The molecule has 1 aromatic heterocycles. The molecule has 0 unspecified atom stereocenters. The Bertz CT molecular complexity index is 678. The molecule has 2 aromatic rings. The van der Waals surface area contributed by atoms with Crippen LogP contribution >= 0.6 is 11.3 Å². The van der Waals surface area contributed by atoms with Crippen LogP contribution in [-0.2, 0) is 16.4 Å². The summed E-state index contributed by atoms with van der Waals surface area (Å²) in [4.78, 5) is 5.57. The van der Waals surface area contributed by atoms with Gasteiger partial charge in [-0.05, 0) is 38.1 Å². The zero-order valence-corrected chi connectivity index (χ0v) is 13.6. The molecule has 1 N–H and O–H groups in total. The van der Waals surface area contributed by atoms with E-state index in [0.29, 0.717) is 25.3 Å². The Balaban J connectivity index is 1.94. The van der Waals surface area contributed by atoms with Gasteiger partial charge in [-0.1, -0.05) is 0 Å². The number of aryl methyl sites for hydroxylation is 1. The van der Waals surface area contributed by atoms with Crippen LogP contribution in [0.3, 0.4) is 0 Å². The van der Waals surface area contributed by atoms with E-state index in [1.165, 1.54) is 0 Å². The molecule has 0 radical (unpaired) electrons. The molecule has 0 aliphatic rings. The molecule has 0 aliphatic carbocycles. The lowest BCUT2D eigenvalue weighted by Gasteiger charge is -2.07. The number of thiazole rings is 1. The summed E-state index contributed by atoms with van der Waals surface area (Å²) in [5.74, 6) is 0.662. The Morgan fingerprint density at radius 1 is 1.29 bits per heavy atom. The van der Waals surface area contributed by atoms with Gasteiger partial charge < -0.3 is 4.74 Å². The van der Waals surface area contributed by atoms with Crippen molar-refractivity contribution in [3.63, 3.8) is 0 Å². The SMILES string of the molecule is CCOc1ccc(S(=O)(=O)NCCc2ncc(C)s2)cc1. The van der Waals surface area contributed by atoms with E-state index >= 15 is 0 Å². The molecule has 114 valence electrons. The maximum absolute atomic E-state index is 12.1. The molecule has 0 amide bonds. The highest BCUT2D eigenvalue weighted by Gasteiger charge is 2.13. The van der Waals surface area contributed by atoms with Crippen LogP contribution in [0, 0.1) is 6.92 Å². The lowest BCUT2D eigenvalue weighted by atomic mass is 10.3. The van der Waals surface area contributed by atoms with E-state index in [-0.39, 0.29) is 4.90 Å². The molecule has 0 aliphatic heterocycles. The van der Waals surface area contributed by atoms with Crippen LogP contribution in [0.2, 0.25) is 0 Å². The van der Waals surface area contributed by atoms with Gasteiger partial charge in [-0.15, -0.1) is 11.3 Å². The van der Waals surface area contributed by atoms with Gasteiger partial charge in [0, 0.05) is 24.0 Å². The minimum atomic E-state index is -3.48. The predicted molar refractivity (Wildman–Crippen MR) is 83.4 cm³/mol. The summed E-state index contributed by atoms with van der Waals surface area (Å²) < 4.78 is 32.1. The molecule has 0 fully saturated rings. The quantitative estimate of drug-likeness (QED) is 0.848. The summed E-state index contributed by atoms with van der Waals surface area (Å²) in [6.45, 7) is 4.75. The first-order valence-electron chi connectivity index (χ1n) is 6.65. The highest BCUT2D eigenvalue weighted by Crippen LogP contribution is 2.16. The van der Waals surface area contributed by atoms with Crippen molar-refractivity contribution >= 4 is 21.4 Å². The van der Waals surface area contributed by atoms with E-state index in [9.17, 15) is 8.42 Å². The largest absolute Gasteiger partial charge is 0.494 e. The molecule has 0 atom stereocenters. The van der Waals surface area contributed by atoms with Crippen LogP contribution in [0.5, 0.6) is 5.75 Å². The van der Waals surface area contributed by atoms with Gasteiger partial charge in [0.05, 0.1) is 16.5 Å². The van der Waals surface area contributed by atoms with E-state index in [1.54, 1.807) is 41.8 Å². The highest BCUT2D eigenvalue weighted by molar-refractivity contribution is 7.89. The van der Waals surface area contributed by atoms with Gasteiger partial charge in [0.25, 0.3) is 0 Å². The van der Waals surface area contributed by atoms with Gasteiger partial charge in [-0.3, -0.25) is 0 Å². The molecule has 7 heteroatoms. The van der Waals surface area contributed by atoms with Gasteiger partial charge in [0.2, 0.25) is 10.0 Å². The first-order valence-corrected chi connectivity index (χ1v) is 8.95. The minimum Gasteiger partial charge on any atom is -0.494 e. The molecule has 0 saturated heterocycles. The summed E-state index contributed by atoms with van der Waals surface area (Å²) in [6.07, 6.45) is 2.38. The number of benzene rings is 1. The van der Waals surface area contributed by atoms with Crippen LogP contribution < -0.4 is 9.46 Å². The fraction of sp³-hybridized carbons (Fsp3) is 0.357. The Hall–Kier alpha value is -1.44. The van der Waals surface area contributed by atoms with Crippen molar-refractivity contribution in [2.24, 2.45) is 0 Å². The number of hydrogen-bond donors (Lipinski definition) is 1. The third-order valence-corrected chi connectivity index (χ3v) is 5.19. The fourth-order valence-corrected chi connectivity index (χ4v) is 3.59. The van der Waals surface area contributed by atoms with Crippen molar-refractivity contribution in [1.29, 1.82) is 0 Å². The number of ether oxygens (including phenoxy) is 1. The van der Waals surface area contributed by atoms with Gasteiger partial charge in [0.1, 0.15) is 5.75 Å². The van der Waals surface area contributed by atoms with E-state index in [4.69, 9.17) is 4.74 Å². The van der Waals surface area contributed by atoms with Crippen molar-refractivity contribution in [2.75, 3.05) is 13.2 Å². The molecule has 0 saturated carbocycles. The monoisotopic (exact) mass is 326 g/mol. The maximum Gasteiger partial charge on any atom is 0.240 e. The van der Waals surface area contributed by atoms with E-state index in [2.05, 4.69) is 9.71 Å². The minimum absolute atomic E-state index is 0.237. The van der Waals surface area contributed by atoms with E-state index in [1.807, 2.05) is 13.8 Å². The second-order valence-corrected chi connectivity index (χ2v) is 7.50. The third kappa shape index (κ3) is 4.52. The van der Waals surface area contributed by atoms with Crippen molar-refractivity contribution in [3.05, 3.63) is 40.3 Å². The Labute approximate surface area is 129 Å². The Morgan fingerprint density at radius 3 is 2.57 bits per heavy atom. The van der Waals surface area contributed by atoms with Crippen LogP contribution in [0.1, 0.15) is 16.8 Å². The Kier molecular flexibility index (Phi) is 5.33. The smallest absolute Gasteiger partial charge is 0.240 e. The van der Waals surface area contributed by atoms with Crippen molar-refractivity contribution in [3.8, 4) is 5.75 Å². The standard InChI is InChI=1S/C14H18N2O3S2/c1-3-19-12-4-6-13(7-5-12)21(17,18)16-9-8-14-15-10-11(2)20-14/h4-7,10,16H,3,8-9H2,1-2H3. The summed E-state index contributed by atoms with van der Waals surface area (Å²) in [7, 11) is -3.48. The summed E-state index contributed by atoms with van der Waals surface area (Å²) in [5.41, 5.74) is 0. The van der Waals surface area contributed by atoms with Crippen molar-refractivity contribution in [1.82, 2.24) is 9.71 Å². The van der Waals surface area contributed by atoms with Crippen molar-refractivity contribution in [2.45, 2.75) is 25.2 Å². The molecule has 1 heterocycles. The highest BCUT2D eigenvalue weighted by atomic mass is 32.2. The predicted octanol–water partition coefficient (Wildman–Crippen LogP) is 2.37. The van der Waals surface area contributed by atoms with Gasteiger partial charge in [0.15, 0.2) is 0 Å². The number of nitrogens with one attached hydrogen (secondary N) is 1. The zero-order valence-electron chi connectivity index (χ0n) is 12.0. The number of sulfonamides is 1. The summed E-state index contributed by atoms with van der Waals surface area (Å²) in [5, 5.41) is 0.932. The second-order valence-electron chi connectivity index (χ2n) is 4.42. The summed E-state index contributed by atoms with van der Waals surface area (Å²) in [6, 6.07) is 6.40.